The third-order valence-corrected chi connectivity index (χ3v) is 5.72. The lowest BCUT2D eigenvalue weighted by molar-refractivity contribution is -0.140. The number of hydrogen-bond acceptors (Lipinski definition) is 4. The van der Waals surface area contributed by atoms with E-state index >= 15 is 0 Å². The lowest BCUT2D eigenvalue weighted by Crippen LogP contribution is -2.48. The van der Waals surface area contributed by atoms with Crippen molar-refractivity contribution in [2.24, 2.45) is 0 Å². The van der Waals surface area contributed by atoms with Crippen molar-refractivity contribution in [2.75, 3.05) is 19.6 Å². The molecule has 35 heavy (non-hydrogen) atoms. The summed E-state index contributed by atoms with van der Waals surface area (Å²) >= 11 is 0. The minimum absolute atomic E-state index is 0.189. The van der Waals surface area contributed by atoms with Gasteiger partial charge in [-0.2, -0.15) is 0 Å². The van der Waals surface area contributed by atoms with Crippen LogP contribution in [0, 0.1) is 13.8 Å². The predicted octanol–water partition coefficient (Wildman–Crippen LogP) is 5.58. The van der Waals surface area contributed by atoms with Crippen LogP contribution in [0.5, 0.6) is 0 Å². The molecule has 1 atom stereocenters. The molecule has 198 valence electrons. The fourth-order valence-corrected chi connectivity index (χ4v) is 3.84. The Kier molecular flexibility index (Phi) is 13.4. The fourth-order valence-electron chi connectivity index (χ4n) is 3.84. The Bertz CT molecular complexity index is 817. The van der Waals surface area contributed by atoms with E-state index in [1.807, 2.05) is 32.0 Å². The van der Waals surface area contributed by atoms with Crippen LogP contribution in [0.1, 0.15) is 102 Å². The molecule has 2 N–H and O–H groups in total. The van der Waals surface area contributed by atoms with Gasteiger partial charge in [0.2, 0.25) is 11.8 Å². The smallest absolute Gasteiger partial charge is 0.408 e. The van der Waals surface area contributed by atoms with Gasteiger partial charge < -0.3 is 20.3 Å². The maximum atomic E-state index is 13.5. The highest BCUT2D eigenvalue weighted by molar-refractivity contribution is 5.90. The first-order valence-electron chi connectivity index (χ1n) is 13.1. The number of amides is 3. The van der Waals surface area contributed by atoms with Gasteiger partial charge in [0.25, 0.3) is 0 Å². The van der Waals surface area contributed by atoms with Crippen molar-refractivity contribution in [3.05, 3.63) is 34.9 Å². The molecule has 0 radical (unpaired) electrons. The van der Waals surface area contributed by atoms with E-state index in [9.17, 15) is 14.4 Å². The van der Waals surface area contributed by atoms with Crippen molar-refractivity contribution in [2.45, 2.75) is 105 Å². The summed E-state index contributed by atoms with van der Waals surface area (Å²) in [5.41, 5.74) is 2.14. The van der Waals surface area contributed by atoms with Crippen LogP contribution < -0.4 is 10.6 Å². The molecule has 0 aliphatic carbocycles. The molecule has 7 heteroatoms. The predicted molar refractivity (Wildman–Crippen MR) is 141 cm³/mol. The fraction of sp³-hybridized carbons (Fsp3) is 0.679. The third kappa shape index (κ3) is 11.6. The van der Waals surface area contributed by atoms with E-state index in [4.69, 9.17) is 4.74 Å². The highest BCUT2D eigenvalue weighted by Gasteiger charge is 2.32. The quantitative estimate of drug-likeness (QED) is 0.334. The molecule has 0 aliphatic rings. The highest BCUT2D eigenvalue weighted by atomic mass is 16.6. The molecule has 0 heterocycles. The van der Waals surface area contributed by atoms with Gasteiger partial charge in [0.1, 0.15) is 18.2 Å². The number of benzene rings is 1. The van der Waals surface area contributed by atoms with Gasteiger partial charge in [-0.05, 0) is 58.6 Å². The summed E-state index contributed by atoms with van der Waals surface area (Å²) in [5, 5.41) is 5.60. The summed E-state index contributed by atoms with van der Waals surface area (Å²) in [6.45, 7) is 14.3. The maximum absolute atomic E-state index is 13.5. The van der Waals surface area contributed by atoms with Crippen molar-refractivity contribution >= 4 is 17.9 Å². The highest BCUT2D eigenvalue weighted by Crippen LogP contribution is 2.27. The molecule has 1 rings (SSSR count). The standard InChI is InChI=1S/C28H47N3O4/c1-8-10-12-13-14-18-31(24(32)20-30-27(34)35-28(5,6)7)25(26(33)29-17-11-9-2)23-19-21(3)15-16-22(23)4/h15-16,19,25H,8-14,17-18,20H2,1-7H3,(H,29,33)(H,30,34). The first-order valence-corrected chi connectivity index (χ1v) is 13.1. The number of nitrogens with one attached hydrogen (secondary N) is 2. The molecule has 0 spiro atoms. The SMILES string of the molecule is CCCCCCCN(C(=O)CNC(=O)OC(C)(C)C)C(C(=O)NCCCC)c1cc(C)ccc1C. The zero-order valence-electron chi connectivity index (χ0n) is 23.0. The van der Waals surface area contributed by atoms with E-state index < -0.39 is 17.7 Å². The monoisotopic (exact) mass is 489 g/mol. The summed E-state index contributed by atoms with van der Waals surface area (Å²) in [5.74, 6) is -0.491. The normalized spacial score (nSPS) is 12.1. The van der Waals surface area contributed by atoms with Crippen molar-refractivity contribution in [3.63, 3.8) is 0 Å². The number of carbonyl (C=O) groups is 3. The summed E-state index contributed by atoms with van der Waals surface area (Å²) in [7, 11) is 0. The van der Waals surface area contributed by atoms with E-state index in [2.05, 4.69) is 24.5 Å². The number of hydrogen-bond donors (Lipinski definition) is 2. The Hall–Kier alpha value is -2.57. The number of rotatable bonds is 14. The topological polar surface area (TPSA) is 87.7 Å². The Morgan fingerprint density at radius 2 is 1.60 bits per heavy atom. The molecule has 0 bridgehead atoms. The number of alkyl carbamates (subject to hydrolysis) is 1. The van der Waals surface area contributed by atoms with E-state index in [0.717, 1.165) is 61.6 Å². The van der Waals surface area contributed by atoms with Gasteiger partial charge >= 0.3 is 6.09 Å². The Morgan fingerprint density at radius 3 is 2.23 bits per heavy atom. The van der Waals surface area contributed by atoms with E-state index in [-0.39, 0.29) is 18.4 Å². The summed E-state index contributed by atoms with van der Waals surface area (Å²) < 4.78 is 5.29. The number of nitrogens with zero attached hydrogens (tertiary/aromatic N) is 1. The molecular formula is C28H47N3O4. The third-order valence-electron chi connectivity index (χ3n) is 5.72. The minimum Gasteiger partial charge on any atom is -0.444 e. The maximum Gasteiger partial charge on any atom is 0.408 e. The van der Waals surface area contributed by atoms with Crippen LogP contribution in [0.2, 0.25) is 0 Å². The molecule has 1 unspecified atom stereocenters. The van der Waals surface area contributed by atoms with Crippen LogP contribution in [0.3, 0.4) is 0 Å². The van der Waals surface area contributed by atoms with Crippen molar-refractivity contribution in [3.8, 4) is 0 Å². The Labute approximate surface area is 212 Å². The molecule has 3 amide bonds. The second kappa shape index (κ2) is 15.4. The van der Waals surface area contributed by atoms with Crippen LogP contribution in [0.4, 0.5) is 4.79 Å². The summed E-state index contributed by atoms with van der Waals surface area (Å²) in [4.78, 5) is 40.7. The van der Waals surface area contributed by atoms with Crippen molar-refractivity contribution in [1.82, 2.24) is 15.5 Å². The van der Waals surface area contributed by atoms with Crippen LogP contribution >= 0.6 is 0 Å². The van der Waals surface area contributed by atoms with Crippen molar-refractivity contribution in [1.29, 1.82) is 0 Å². The molecule has 7 nitrogen and oxygen atoms in total. The van der Waals surface area contributed by atoms with E-state index in [1.165, 1.54) is 0 Å². The Balaban J connectivity index is 3.22. The molecule has 0 saturated heterocycles. The van der Waals surface area contributed by atoms with Gasteiger partial charge in [0, 0.05) is 13.1 Å². The largest absolute Gasteiger partial charge is 0.444 e. The zero-order valence-corrected chi connectivity index (χ0v) is 23.0. The number of carbonyl (C=O) groups excluding carboxylic acids is 3. The number of ether oxygens (including phenoxy) is 1. The van der Waals surface area contributed by atoms with E-state index in [1.54, 1.807) is 25.7 Å². The van der Waals surface area contributed by atoms with Gasteiger partial charge in [-0.1, -0.05) is 69.7 Å². The van der Waals surface area contributed by atoms with Crippen LogP contribution in [-0.4, -0.2) is 48.0 Å². The van der Waals surface area contributed by atoms with Gasteiger partial charge in [0.15, 0.2) is 0 Å². The number of unbranched alkanes of at least 4 members (excludes halogenated alkanes) is 5. The molecule has 1 aromatic carbocycles. The van der Waals surface area contributed by atoms with Crippen molar-refractivity contribution < 1.29 is 19.1 Å². The minimum atomic E-state index is -0.758. The Morgan fingerprint density at radius 1 is 0.943 bits per heavy atom. The second-order valence-electron chi connectivity index (χ2n) is 10.3. The molecule has 0 aromatic heterocycles. The van der Waals surface area contributed by atoms with E-state index in [0.29, 0.717) is 13.1 Å². The molecule has 0 aliphatic heterocycles. The molecular weight excluding hydrogens is 442 g/mol. The second-order valence-corrected chi connectivity index (χ2v) is 10.3. The van der Waals surface area contributed by atoms with Gasteiger partial charge in [-0.15, -0.1) is 0 Å². The van der Waals surface area contributed by atoms with Gasteiger partial charge in [-0.3, -0.25) is 9.59 Å². The molecule has 1 aromatic rings. The average molecular weight is 490 g/mol. The van der Waals surface area contributed by atoms with Gasteiger partial charge in [-0.25, -0.2) is 4.79 Å². The zero-order chi connectivity index (χ0) is 26.4. The lowest BCUT2D eigenvalue weighted by atomic mass is 9.96. The first-order chi connectivity index (χ1) is 16.5. The molecule has 0 fully saturated rings. The van der Waals surface area contributed by atoms with Gasteiger partial charge in [0.05, 0.1) is 0 Å². The van der Waals surface area contributed by atoms with Crippen LogP contribution in [0.15, 0.2) is 18.2 Å². The number of aryl methyl sites for hydroxylation is 2. The first kappa shape index (κ1) is 30.5. The van der Waals surface area contributed by atoms with Crippen LogP contribution in [-0.2, 0) is 14.3 Å². The lowest BCUT2D eigenvalue weighted by Gasteiger charge is -2.33. The summed E-state index contributed by atoms with van der Waals surface area (Å²) in [6.07, 6.45) is 6.33. The summed E-state index contributed by atoms with van der Waals surface area (Å²) in [6, 6.07) is 5.22. The van der Waals surface area contributed by atoms with Crippen LogP contribution in [0.25, 0.3) is 0 Å². The average Bonchev–Trinajstić information content (AvgIpc) is 2.77. The molecule has 0 saturated carbocycles.